The molecular weight excluding hydrogens is 304 g/mol. The fourth-order valence-electron chi connectivity index (χ4n) is 2.04. The summed E-state index contributed by atoms with van der Waals surface area (Å²) in [6.45, 7) is 8.20. The topological polar surface area (TPSA) is 42.7 Å². The lowest BCUT2D eigenvalue weighted by Gasteiger charge is -2.05. The predicted octanol–water partition coefficient (Wildman–Crippen LogP) is 3.15. The van der Waals surface area contributed by atoms with Crippen molar-refractivity contribution in [3.8, 4) is 5.82 Å². The minimum Gasteiger partial charge on any atom is -0.313 e. The van der Waals surface area contributed by atoms with Crippen molar-refractivity contribution >= 4 is 15.9 Å². The van der Waals surface area contributed by atoms with Crippen LogP contribution in [-0.2, 0) is 6.54 Å². The van der Waals surface area contributed by atoms with Gasteiger partial charge in [-0.2, -0.15) is 5.10 Å². The Bertz CT molecular complexity index is 545. The van der Waals surface area contributed by atoms with Gasteiger partial charge in [-0.25, -0.2) is 9.67 Å². The number of aromatic nitrogens is 3. The van der Waals surface area contributed by atoms with Crippen molar-refractivity contribution in [1.82, 2.24) is 20.1 Å². The molecule has 102 valence electrons. The van der Waals surface area contributed by atoms with Crippen molar-refractivity contribution in [2.75, 3.05) is 6.54 Å². The summed E-state index contributed by atoms with van der Waals surface area (Å²) in [5, 5.41) is 8.01. The van der Waals surface area contributed by atoms with E-state index in [2.05, 4.69) is 45.2 Å². The first-order chi connectivity index (χ1) is 9.13. The van der Waals surface area contributed by atoms with Gasteiger partial charge < -0.3 is 5.32 Å². The van der Waals surface area contributed by atoms with Crippen LogP contribution in [0, 0.1) is 13.8 Å². The van der Waals surface area contributed by atoms with Gasteiger partial charge in [-0.05, 0) is 54.9 Å². The zero-order valence-corrected chi connectivity index (χ0v) is 13.2. The molecule has 0 unspecified atom stereocenters. The molecule has 2 aromatic rings. The molecule has 0 fully saturated rings. The van der Waals surface area contributed by atoms with Gasteiger partial charge in [0.1, 0.15) is 0 Å². The Hall–Kier alpha value is -1.20. The number of nitrogens with zero attached hydrogens (tertiary/aromatic N) is 3. The summed E-state index contributed by atoms with van der Waals surface area (Å²) in [6.07, 6.45) is 2.93. The highest BCUT2D eigenvalue weighted by Gasteiger charge is 2.12. The fourth-order valence-corrected chi connectivity index (χ4v) is 2.27. The van der Waals surface area contributed by atoms with E-state index in [0.717, 1.165) is 41.2 Å². The van der Waals surface area contributed by atoms with Crippen LogP contribution >= 0.6 is 15.9 Å². The van der Waals surface area contributed by atoms with Crippen molar-refractivity contribution in [2.45, 2.75) is 33.7 Å². The largest absolute Gasteiger partial charge is 0.313 e. The molecule has 2 rings (SSSR count). The lowest BCUT2D eigenvalue weighted by molar-refractivity contribution is 0.670. The molecule has 0 aliphatic carbocycles. The number of aryl methyl sites for hydroxylation is 1. The quantitative estimate of drug-likeness (QED) is 0.860. The van der Waals surface area contributed by atoms with E-state index in [1.807, 2.05) is 23.7 Å². The van der Waals surface area contributed by atoms with Gasteiger partial charge in [0.25, 0.3) is 0 Å². The van der Waals surface area contributed by atoms with Crippen LogP contribution in [0.4, 0.5) is 0 Å². The van der Waals surface area contributed by atoms with Crippen LogP contribution < -0.4 is 5.32 Å². The molecule has 0 spiro atoms. The maximum Gasteiger partial charge on any atom is 0.153 e. The second-order valence-corrected chi connectivity index (χ2v) is 5.49. The number of hydrogen-bond donors (Lipinski definition) is 1. The van der Waals surface area contributed by atoms with E-state index in [9.17, 15) is 0 Å². The van der Waals surface area contributed by atoms with Gasteiger partial charge >= 0.3 is 0 Å². The molecule has 0 radical (unpaired) electrons. The van der Waals surface area contributed by atoms with E-state index in [1.165, 1.54) is 5.56 Å². The van der Waals surface area contributed by atoms with Crippen molar-refractivity contribution in [3.63, 3.8) is 0 Å². The zero-order valence-electron chi connectivity index (χ0n) is 11.6. The van der Waals surface area contributed by atoms with Crippen LogP contribution in [0.5, 0.6) is 0 Å². The van der Waals surface area contributed by atoms with Crippen LogP contribution in [0.2, 0.25) is 0 Å². The van der Waals surface area contributed by atoms with E-state index in [0.29, 0.717) is 0 Å². The van der Waals surface area contributed by atoms with Crippen LogP contribution in [0.15, 0.2) is 22.8 Å². The standard InChI is InChI=1S/C14H19BrN4/c1-4-7-16-9-13-10(2)18-19(11(13)3)14-6-5-12(15)8-17-14/h5-6,8,16H,4,7,9H2,1-3H3. The van der Waals surface area contributed by atoms with Gasteiger partial charge in [-0.1, -0.05) is 6.92 Å². The van der Waals surface area contributed by atoms with Gasteiger partial charge in [0.2, 0.25) is 0 Å². The molecular formula is C14H19BrN4. The number of rotatable bonds is 5. The second kappa shape index (κ2) is 6.30. The molecule has 0 amide bonds. The Kier molecular flexibility index (Phi) is 4.71. The van der Waals surface area contributed by atoms with Gasteiger partial charge in [-0.3, -0.25) is 0 Å². The normalized spacial score (nSPS) is 10.9. The molecule has 1 N–H and O–H groups in total. The summed E-state index contributed by atoms with van der Waals surface area (Å²) in [6, 6.07) is 3.95. The summed E-state index contributed by atoms with van der Waals surface area (Å²) in [5.74, 6) is 0.852. The monoisotopic (exact) mass is 322 g/mol. The van der Waals surface area contributed by atoms with Gasteiger partial charge in [0, 0.05) is 28.5 Å². The number of pyridine rings is 1. The zero-order chi connectivity index (χ0) is 13.8. The number of halogens is 1. The molecule has 0 aliphatic heterocycles. The third-order valence-corrected chi connectivity index (χ3v) is 3.57. The van der Waals surface area contributed by atoms with Gasteiger partial charge in [0.15, 0.2) is 5.82 Å². The van der Waals surface area contributed by atoms with Crippen molar-refractivity contribution in [2.24, 2.45) is 0 Å². The molecule has 19 heavy (non-hydrogen) atoms. The maximum absolute atomic E-state index is 4.59. The van der Waals surface area contributed by atoms with E-state index in [-0.39, 0.29) is 0 Å². The second-order valence-electron chi connectivity index (χ2n) is 4.57. The molecule has 0 aromatic carbocycles. The minimum absolute atomic E-state index is 0.852. The Labute approximate surface area is 122 Å². The fraction of sp³-hybridized carbons (Fsp3) is 0.429. The van der Waals surface area contributed by atoms with Crippen LogP contribution in [-0.4, -0.2) is 21.3 Å². The molecule has 4 nitrogen and oxygen atoms in total. The summed E-state index contributed by atoms with van der Waals surface area (Å²) < 4.78 is 2.88. The minimum atomic E-state index is 0.852. The summed E-state index contributed by atoms with van der Waals surface area (Å²) in [7, 11) is 0. The Balaban J connectivity index is 2.27. The maximum atomic E-state index is 4.59. The molecule has 5 heteroatoms. The third-order valence-electron chi connectivity index (χ3n) is 3.10. The molecule has 0 atom stereocenters. The first-order valence-corrected chi connectivity index (χ1v) is 7.30. The summed E-state index contributed by atoms with van der Waals surface area (Å²) in [5.41, 5.74) is 3.47. The number of hydrogen-bond acceptors (Lipinski definition) is 3. The average Bonchev–Trinajstić information content (AvgIpc) is 2.68. The van der Waals surface area contributed by atoms with Gasteiger partial charge in [0.05, 0.1) is 5.69 Å². The highest BCUT2D eigenvalue weighted by atomic mass is 79.9. The van der Waals surface area contributed by atoms with Gasteiger partial charge in [-0.15, -0.1) is 0 Å². The SMILES string of the molecule is CCCNCc1c(C)nn(-c2ccc(Br)cn2)c1C. The number of nitrogens with one attached hydrogen (secondary N) is 1. The molecule has 0 saturated heterocycles. The van der Waals surface area contributed by atoms with Crippen LogP contribution in [0.25, 0.3) is 5.82 Å². The highest BCUT2D eigenvalue weighted by molar-refractivity contribution is 9.10. The molecule has 0 bridgehead atoms. The highest BCUT2D eigenvalue weighted by Crippen LogP contribution is 2.17. The molecule has 2 heterocycles. The molecule has 0 aliphatic rings. The van der Waals surface area contributed by atoms with Crippen molar-refractivity contribution in [1.29, 1.82) is 0 Å². The van der Waals surface area contributed by atoms with E-state index in [1.54, 1.807) is 6.20 Å². The molecule has 2 aromatic heterocycles. The smallest absolute Gasteiger partial charge is 0.153 e. The van der Waals surface area contributed by atoms with Crippen molar-refractivity contribution in [3.05, 3.63) is 39.8 Å². The first kappa shape index (κ1) is 14.2. The average molecular weight is 323 g/mol. The van der Waals surface area contributed by atoms with E-state index >= 15 is 0 Å². The Morgan fingerprint density at radius 1 is 1.32 bits per heavy atom. The first-order valence-electron chi connectivity index (χ1n) is 6.51. The predicted molar refractivity (Wildman–Crippen MR) is 80.5 cm³/mol. The lowest BCUT2D eigenvalue weighted by Crippen LogP contribution is -2.15. The van der Waals surface area contributed by atoms with Crippen LogP contribution in [0.1, 0.15) is 30.3 Å². The Morgan fingerprint density at radius 3 is 2.74 bits per heavy atom. The third kappa shape index (κ3) is 3.22. The van der Waals surface area contributed by atoms with Crippen molar-refractivity contribution < 1.29 is 0 Å². The molecule has 0 saturated carbocycles. The lowest BCUT2D eigenvalue weighted by atomic mass is 10.2. The van der Waals surface area contributed by atoms with E-state index in [4.69, 9.17) is 0 Å². The van der Waals surface area contributed by atoms with E-state index < -0.39 is 0 Å². The summed E-state index contributed by atoms with van der Waals surface area (Å²) in [4.78, 5) is 4.39. The van der Waals surface area contributed by atoms with Crippen LogP contribution in [0.3, 0.4) is 0 Å². The Morgan fingerprint density at radius 2 is 2.11 bits per heavy atom. The summed E-state index contributed by atoms with van der Waals surface area (Å²) >= 11 is 3.40.